The fraction of sp³-hybridized carbons (Fsp3) is 0.231. The molecule has 2 N–H and O–H groups in total. The SMILES string of the molecule is CCOc1cc(/C=N\NC(=O)CN(c2ccccc2OCC)S(=O)(=O)c2ccc(C)cc2)ccc1O. The second kappa shape index (κ2) is 12.1. The maximum absolute atomic E-state index is 13.6. The second-order valence-corrected chi connectivity index (χ2v) is 9.54. The molecule has 0 radical (unpaired) electrons. The molecule has 0 atom stereocenters. The molecular weight excluding hydrogens is 482 g/mol. The Morgan fingerprint density at radius 3 is 2.36 bits per heavy atom. The summed E-state index contributed by atoms with van der Waals surface area (Å²) >= 11 is 0. The summed E-state index contributed by atoms with van der Waals surface area (Å²) in [6.07, 6.45) is 1.37. The molecule has 9 nitrogen and oxygen atoms in total. The Labute approximate surface area is 211 Å². The number of hydrogen-bond donors (Lipinski definition) is 2. The highest BCUT2D eigenvalue weighted by Crippen LogP contribution is 2.32. The molecule has 3 rings (SSSR count). The Hall–Kier alpha value is -4.05. The third-order valence-corrected chi connectivity index (χ3v) is 6.79. The summed E-state index contributed by atoms with van der Waals surface area (Å²) in [4.78, 5) is 12.9. The van der Waals surface area contributed by atoms with Crippen LogP contribution in [0.3, 0.4) is 0 Å². The van der Waals surface area contributed by atoms with Gasteiger partial charge in [0.15, 0.2) is 11.5 Å². The lowest BCUT2D eigenvalue weighted by Crippen LogP contribution is -2.39. The second-order valence-electron chi connectivity index (χ2n) is 7.68. The summed E-state index contributed by atoms with van der Waals surface area (Å²) in [5.74, 6) is -0.0461. The summed E-state index contributed by atoms with van der Waals surface area (Å²) in [6.45, 7) is 5.60. The fourth-order valence-electron chi connectivity index (χ4n) is 3.30. The number of sulfonamides is 1. The Morgan fingerprint density at radius 1 is 1.00 bits per heavy atom. The molecule has 190 valence electrons. The standard InChI is InChI=1S/C26H29N3O6S/c1-4-34-24-9-7-6-8-22(24)29(36(32,33)21-13-10-19(3)11-14-21)18-26(31)28-27-17-20-12-15-23(30)25(16-20)35-5-2/h6-17,30H,4-5,18H2,1-3H3,(H,28,31)/b27-17-. The van der Waals surface area contributed by atoms with Gasteiger partial charge in [0, 0.05) is 0 Å². The van der Waals surface area contributed by atoms with Crippen molar-refractivity contribution in [2.75, 3.05) is 24.1 Å². The van der Waals surface area contributed by atoms with Crippen LogP contribution in [0.25, 0.3) is 0 Å². The van der Waals surface area contributed by atoms with Gasteiger partial charge in [-0.2, -0.15) is 5.10 Å². The first-order valence-electron chi connectivity index (χ1n) is 11.3. The lowest BCUT2D eigenvalue weighted by atomic mass is 10.2. The Morgan fingerprint density at radius 2 is 1.67 bits per heavy atom. The third-order valence-electron chi connectivity index (χ3n) is 5.02. The first-order valence-corrected chi connectivity index (χ1v) is 12.8. The number of aryl methyl sites for hydroxylation is 1. The van der Waals surface area contributed by atoms with Crippen molar-refractivity contribution in [3.05, 3.63) is 77.9 Å². The molecule has 0 aliphatic heterocycles. The average Bonchev–Trinajstić information content (AvgIpc) is 2.85. The topological polar surface area (TPSA) is 118 Å². The summed E-state index contributed by atoms with van der Waals surface area (Å²) in [7, 11) is -4.10. The minimum atomic E-state index is -4.10. The number of hydrogen-bond acceptors (Lipinski definition) is 7. The number of hydrazone groups is 1. The number of carbonyl (C=O) groups is 1. The number of carbonyl (C=O) groups excluding carboxylic acids is 1. The zero-order chi connectivity index (χ0) is 26.1. The minimum absolute atomic E-state index is 0.0112. The molecule has 0 aliphatic rings. The summed E-state index contributed by atoms with van der Waals surface area (Å²) in [5, 5.41) is 13.8. The number of phenols is 1. The number of aromatic hydroxyl groups is 1. The normalized spacial score (nSPS) is 11.3. The molecule has 1 amide bonds. The van der Waals surface area contributed by atoms with Crippen LogP contribution in [0.5, 0.6) is 17.2 Å². The van der Waals surface area contributed by atoms with Crippen LogP contribution < -0.4 is 19.2 Å². The first-order chi connectivity index (χ1) is 17.3. The van der Waals surface area contributed by atoms with Gasteiger partial charge in [-0.1, -0.05) is 29.8 Å². The van der Waals surface area contributed by atoms with Crippen LogP contribution in [0.15, 0.2) is 76.7 Å². The molecule has 0 bridgehead atoms. The number of rotatable bonds is 11. The van der Waals surface area contributed by atoms with Crippen molar-refractivity contribution in [3.8, 4) is 17.2 Å². The van der Waals surface area contributed by atoms with E-state index < -0.39 is 22.5 Å². The van der Waals surface area contributed by atoms with Crippen LogP contribution in [0.1, 0.15) is 25.0 Å². The predicted octanol–water partition coefficient (Wildman–Crippen LogP) is 3.84. The van der Waals surface area contributed by atoms with Crippen LogP contribution in [0.2, 0.25) is 0 Å². The lowest BCUT2D eigenvalue weighted by Gasteiger charge is -2.25. The van der Waals surface area contributed by atoms with E-state index >= 15 is 0 Å². The molecule has 0 aliphatic carbocycles. The van der Waals surface area contributed by atoms with Crippen LogP contribution in [0, 0.1) is 6.92 Å². The monoisotopic (exact) mass is 511 g/mol. The van der Waals surface area contributed by atoms with Crippen LogP contribution in [0.4, 0.5) is 5.69 Å². The Kier molecular flexibility index (Phi) is 8.91. The molecule has 0 heterocycles. The Bertz CT molecular complexity index is 1320. The number of benzene rings is 3. The molecule has 3 aromatic rings. The van der Waals surface area contributed by atoms with Crippen molar-refractivity contribution < 1.29 is 27.8 Å². The van der Waals surface area contributed by atoms with Crippen molar-refractivity contribution >= 4 is 27.8 Å². The van der Waals surface area contributed by atoms with E-state index in [1.54, 1.807) is 62.4 Å². The van der Waals surface area contributed by atoms with E-state index in [1.165, 1.54) is 24.4 Å². The number of amides is 1. The van der Waals surface area contributed by atoms with E-state index in [-0.39, 0.29) is 22.1 Å². The molecule has 0 unspecified atom stereocenters. The molecule has 0 spiro atoms. The van der Waals surface area contributed by atoms with Gasteiger partial charge in [0.25, 0.3) is 15.9 Å². The highest BCUT2D eigenvalue weighted by atomic mass is 32.2. The van der Waals surface area contributed by atoms with Crippen molar-refractivity contribution in [2.24, 2.45) is 5.10 Å². The molecule has 3 aromatic carbocycles. The van der Waals surface area contributed by atoms with Gasteiger partial charge in [-0.3, -0.25) is 9.10 Å². The van der Waals surface area contributed by atoms with E-state index in [2.05, 4.69) is 10.5 Å². The number of phenolic OH excluding ortho intramolecular Hbond substituents is 1. The number of anilines is 1. The van der Waals surface area contributed by atoms with E-state index in [1.807, 2.05) is 6.92 Å². The third kappa shape index (κ3) is 6.54. The number of nitrogens with zero attached hydrogens (tertiary/aromatic N) is 2. The predicted molar refractivity (Wildman–Crippen MR) is 138 cm³/mol. The van der Waals surface area contributed by atoms with Crippen LogP contribution in [-0.2, 0) is 14.8 Å². The van der Waals surface area contributed by atoms with Crippen LogP contribution >= 0.6 is 0 Å². The van der Waals surface area contributed by atoms with Crippen molar-refractivity contribution in [2.45, 2.75) is 25.7 Å². The van der Waals surface area contributed by atoms with E-state index in [0.717, 1.165) is 9.87 Å². The molecule has 0 saturated carbocycles. The van der Waals surface area contributed by atoms with Gasteiger partial charge in [-0.05, 0) is 68.8 Å². The zero-order valence-electron chi connectivity index (χ0n) is 20.3. The maximum Gasteiger partial charge on any atom is 0.264 e. The van der Waals surface area contributed by atoms with Gasteiger partial charge in [-0.25, -0.2) is 13.8 Å². The Balaban J connectivity index is 1.87. The van der Waals surface area contributed by atoms with Gasteiger partial charge < -0.3 is 14.6 Å². The van der Waals surface area contributed by atoms with Gasteiger partial charge in [-0.15, -0.1) is 0 Å². The molecule has 0 fully saturated rings. The quantitative estimate of drug-likeness (QED) is 0.298. The molecule has 36 heavy (non-hydrogen) atoms. The van der Waals surface area contributed by atoms with Gasteiger partial charge >= 0.3 is 0 Å². The maximum atomic E-state index is 13.6. The van der Waals surface area contributed by atoms with Gasteiger partial charge in [0.2, 0.25) is 0 Å². The highest BCUT2D eigenvalue weighted by Gasteiger charge is 2.29. The zero-order valence-corrected chi connectivity index (χ0v) is 21.2. The van der Waals surface area contributed by atoms with Gasteiger partial charge in [0.05, 0.1) is 30.0 Å². The molecular formula is C26H29N3O6S. The summed E-state index contributed by atoms with van der Waals surface area (Å²) in [5.41, 5.74) is 4.08. The largest absolute Gasteiger partial charge is 0.504 e. The summed E-state index contributed by atoms with van der Waals surface area (Å²) in [6, 6.07) is 17.6. The summed E-state index contributed by atoms with van der Waals surface area (Å²) < 4.78 is 39.1. The fourth-order valence-corrected chi connectivity index (χ4v) is 4.74. The van der Waals surface area contributed by atoms with Crippen LogP contribution in [-0.4, -0.2) is 45.4 Å². The highest BCUT2D eigenvalue weighted by molar-refractivity contribution is 7.92. The number of ether oxygens (including phenoxy) is 2. The van der Waals surface area contributed by atoms with E-state index in [0.29, 0.717) is 24.5 Å². The number of nitrogens with one attached hydrogen (secondary N) is 1. The van der Waals surface area contributed by atoms with E-state index in [4.69, 9.17) is 9.47 Å². The van der Waals surface area contributed by atoms with Crippen molar-refractivity contribution in [1.29, 1.82) is 0 Å². The smallest absolute Gasteiger partial charge is 0.264 e. The van der Waals surface area contributed by atoms with E-state index in [9.17, 15) is 18.3 Å². The molecule has 10 heteroatoms. The molecule has 0 aromatic heterocycles. The van der Waals surface area contributed by atoms with Crippen molar-refractivity contribution in [3.63, 3.8) is 0 Å². The molecule has 0 saturated heterocycles. The minimum Gasteiger partial charge on any atom is -0.504 e. The first kappa shape index (κ1) is 26.6. The average molecular weight is 512 g/mol. The van der Waals surface area contributed by atoms with Gasteiger partial charge in [0.1, 0.15) is 12.3 Å². The van der Waals surface area contributed by atoms with Crippen molar-refractivity contribution in [1.82, 2.24) is 5.43 Å². The lowest BCUT2D eigenvalue weighted by molar-refractivity contribution is -0.119. The number of para-hydroxylation sites is 2.